The molecule has 2 aliphatic rings. The number of benzene rings is 8. The maximum absolute atomic E-state index is 6.79. The van der Waals surface area contributed by atoms with Crippen LogP contribution in [-0.4, -0.2) is 0 Å². The molecule has 8 aromatic rings. The molecule has 0 N–H and O–H groups in total. The molecule has 8 aromatic carbocycles. The van der Waals surface area contributed by atoms with Crippen LogP contribution in [0.5, 0.6) is 11.5 Å². The van der Waals surface area contributed by atoms with E-state index in [9.17, 15) is 0 Å². The minimum absolute atomic E-state index is 0.462. The van der Waals surface area contributed by atoms with Gasteiger partial charge in [-0.2, -0.15) is 0 Å². The van der Waals surface area contributed by atoms with E-state index in [0.29, 0.717) is 0 Å². The molecule has 236 valence electrons. The highest BCUT2D eigenvalue weighted by Gasteiger charge is 2.49. The SMILES string of the molecule is CC1(c2ccccc2)c2ccccc2Oc2cccc(-c3ccccc3C3(c4ccccc4)c4ccccc4-c4c3ccc3ccccc43)c21. The number of ether oxygens (including phenoxy) is 1. The second-order valence-corrected chi connectivity index (χ2v) is 13.7. The highest BCUT2D eigenvalue weighted by Crippen LogP contribution is 2.61. The van der Waals surface area contributed by atoms with Crippen molar-refractivity contribution in [2.24, 2.45) is 0 Å². The first kappa shape index (κ1) is 28.8. The lowest BCUT2D eigenvalue weighted by atomic mass is 9.63. The number of fused-ring (bicyclic) bond motifs is 7. The zero-order chi connectivity index (χ0) is 33.3. The Morgan fingerprint density at radius 2 is 0.940 bits per heavy atom. The van der Waals surface area contributed by atoms with Crippen LogP contribution >= 0.6 is 0 Å². The predicted octanol–water partition coefficient (Wildman–Crippen LogP) is 12.3. The largest absolute Gasteiger partial charge is 0.457 e. The molecule has 1 heteroatoms. The summed E-state index contributed by atoms with van der Waals surface area (Å²) in [4.78, 5) is 0. The fraction of sp³-hybridized carbons (Fsp3) is 0.0612. The van der Waals surface area contributed by atoms with Crippen molar-refractivity contribution in [3.63, 3.8) is 0 Å². The summed E-state index contributed by atoms with van der Waals surface area (Å²) in [6, 6.07) is 68.8. The summed E-state index contributed by atoms with van der Waals surface area (Å²) in [6.45, 7) is 2.37. The van der Waals surface area contributed by atoms with Gasteiger partial charge in [0.2, 0.25) is 0 Å². The van der Waals surface area contributed by atoms with E-state index < -0.39 is 10.8 Å². The van der Waals surface area contributed by atoms with E-state index in [-0.39, 0.29) is 0 Å². The Bertz CT molecular complexity index is 2580. The van der Waals surface area contributed by atoms with Crippen LogP contribution in [0.2, 0.25) is 0 Å². The summed E-state index contributed by atoms with van der Waals surface area (Å²) in [7, 11) is 0. The van der Waals surface area contributed by atoms with Gasteiger partial charge in [0.05, 0.1) is 10.8 Å². The van der Waals surface area contributed by atoms with Crippen molar-refractivity contribution < 1.29 is 4.74 Å². The van der Waals surface area contributed by atoms with Crippen molar-refractivity contribution >= 4 is 10.8 Å². The van der Waals surface area contributed by atoms with Crippen LogP contribution in [0, 0.1) is 0 Å². The van der Waals surface area contributed by atoms with Gasteiger partial charge >= 0.3 is 0 Å². The second kappa shape index (κ2) is 10.9. The molecule has 0 amide bonds. The standard InChI is InChI=1S/C49H34O/c1-48(34-18-4-2-5-19-34)42-28-14-15-29-44(42)50-45-30-16-25-38(47(45)48)37-23-10-12-26-40(37)49(35-20-6-3-7-21-35)41-27-13-11-24-39(41)46-36-22-9-8-17-33(36)31-32-43(46)49/h2-32H,1H3. The smallest absolute Gasteiger partial charge is 0.132 e. The second-order valence-electron chi connectivity index (χ2n) is 13.7. The molecule has 0 saturated heterocycles. The monoisotopic (exact) mass is 638 g/mol. The van der Waals surface area contributed by atoms with Crippen LogP contribution in [0.3, 0.4) is 0 Å². The van der Waals surface area contributed by atoms with Gasteiger partial charge in [0.25, 0.3) is 0 Å². The minimum atomic E-state index is -0.562. The highest BCUT2D eigenvalue weighted by atomic mass is 16.5. The Labute approximate surface area is 293 Å². The molecular weight excluding hydrogens is 605 g/mol. The molecule has 0 bridgehead atoms. The van der Waals surface area contributed by atoms with E-state index in [0.717, 1.165) is 11.5 Å². The fourth-order valence-corrected chi connectivity index (χ4v) is 9.19. The van der Waals surface area contributed by atoms with Crippen LogP contribution in [0.15, 0.2) is 188 Å². The van der Waals surface area contributed by atoms with Gasteiger partial charge in [0.1, 0.15) is 11.5 Å². The van der Waals surface area contributed by atoms with E-state index in [4.69, 9.17) is 4.74 Å². The van der Waals surface area contributed by atoms with Crippen molar-refractivity contribution in [2.45, 2.75) is 17.8 Å². The van der Waals surface area contributed by atoms with Crippen LogP contribution in [-0.2, 0) is 10.8 Å². The molecule has 1 nitrogen and oxygen atoms in total. The van der Waals surface area contributed by atoms with E-state index in [1.807, 2.05) is 0 Å². The van der Waals surface area contributed by atoms with Crippen molar-refractivity contribution in [1.82, 2.24) is 0 Å². The molecule has 1 aliphatic heterocycles. The number of hydrogen-bond acceptors (Lipinski definition) is 1. The molecule has 0 saturated carbocycles. The average molecular weight is 639 g/mol. The van der Waals surface area contributed by atoms with Crippen LogP contribution in [0.25, 0.3) is 33.0 Å². The van der Waals surface area contributed by atoms with Crippen molar-refractivity contribution in [1.29, 1.82) is 0 Å². The summed E-state index contributed by atoms with van der Waals surface area (Å²) in [5, 5.41) is 2.54. The molecular formula is C49H34O. The first-order chi connectivity index (χ1) is 24.7. The van der Waals surface area contributed by atoms with Crippen LogP contribution in [0.4, 0.5) is 0 Å². The number of para-hydroxylation sites is 1. The topological polar surface area (TPSA) is 9.23 Å². The summed E-state index contributed by atoms with van der Waals surface area (Å²) in [5.41, 5.74) is 12.7. The Hall–Kier alpha value is -6.18. The zero-order valence-corrected chi connectivity index (χ0v) is 27.8. The van der Waals surface area contributed by atoms with Gasteiger partial charge in [0, 0.05) is 11.1 Å². The molecule has 0 spiro atoms. The first-order valence-electron chi connectivity index (χ1n) is 17.4. The Kier molecular flexibility index (Phi) is 6.29. The van der Waals surface area contributed by atoms with Crippen molar-refractivity contribution in [3.8, 4) is 33.8 Å². The highest BCUT2D eigenvalue weighted by molar-refractivity contribution is 6.04. The van der Waals surface area contributed by atoms with Gasteiger partial charge in [0.15, 0.2) is 0 Å². The lowest BCUT2D eigenvalue weighted by Gasteiger charge is -2.41. The molecule has 1 aliphatic carbocycles. The van der Waals surface area contributed by atoms with Crippen LogP contribution < -0.4 is 4.74 Å². The maximum Gasteiger partial charge on any atom is 0.132 e. The Balaban J connectivity index is 1.34. The minimum Gasteiger partial charge on any atom is -0.457 e. The zero-order valence-electron chi connectivity index (χ0n) is 27.8. The number of rotatable bonds is 4. The Morgan fingerprint density at radius 3 is 1.72 bits per heavy atom. The quantitative estimate of drug-likeness (QED) is 0.186. The summed E-state index contributed by atoms with van der Waals surface area (Å²) >= 11 is 0. The normalized spacial score (nSPS) is 18.4. The van der Waals surface area contributed by atoms with Gasteiger partial charge in [-0.1, -0.05) is 176 Å². The van der Waals surface area contributed by atoms with Gasteiger partial charge in [-0.15, -0.1) is 0 Å². The molecule has 50 heavy (non-hydrogen) atoms. The lowest BCUT2D eigenvalue weighted by molar-refractivity contribution is 0.428. The molecule has 0 aromatic heterocycles. The third-order valence-electron chi connectivity index (χ3n) is 11.3. The van der Waals surface area contributed by atoms with E-state index in [1.165, 1.54) is 72.0 Å². The third-order valence-corrected chi connectivity index (χ3v) is 11.3. The van der Waals surface area contributed by atoms with Gasteiger partial charge in [-0.3, -0.25) is 0 Å². The maximum atomic E-state index is 6.79. The van der Waals surface area contributed by atoms with Crippen LogP contribution in [0.1, 0.15) is 45.9 Å². The molecule has 2 unspecified atom stereocenters. The molecule has 1 heterocycles. The van der Waals surface area contributed by atoms with Crippen molar-refractivity contribution in [2.75, 3.05) is 0 Å². The summed E-state index contributed by atoms with van der Waals surface area (Å²) in [5.74, 6) is 1.80. The molecule has 2 atom stereocenters. The van der Waals surface area contributed by atoms with Gasteiger partial charge in [-0.25, -0.2) is 0 Å². The summed E-state index contributed by atoms with van der Waals surface area (Å²) < 4.78 is 6.79. The summed E-state index contributed by atoms with van der Waals surface area (Å²) in [6.07, 6.45) is 0. The van der Waals surface area contributed by atoms with Gasteiger partial charge in [-0.05, 0) is 79.9 Å². The van der Waals surface area contributed by atoms with E-state index in [2.05, 4.69) is 195 Å². The van der Waals surface area contributed by atoms with Crippen molar-refractivity contribution in [3.05, 3.63) is 227 Å². The Morgan fingerprint density at radius 1 is 0.380 bits per heavy atom. The van der Waals surface area contributed by atoms with E-state index in [1.54, 1.807) is 0 Å². The van der Waals surface area contributed by atoms with Gasteiger partial charge < -0.3 is 4.74 Å². The molecule has 0 fully saturated rings. The average Bonchev–Trinajstić information content (AvgIpc) is 3.50. The number of hydrogen-bond donors (Lipinski definition) is 0. The third kappa shape index (κ3) is 3.83. The fourth-order valence-electron chi connectivity index (χ4n) is 9.19. The first-order valence-corrected chi connectivity index (χ1v) is 17.4. The molecule has 0 radical (unpaired) electrons. The predicted molar refractivity (Wildman–Crippen MR) is 205 cm³/mol. The molecule has 10 rings (SSSR count). The van der Waals surface area contributed by atoms with E-state index >= 15 is 0 Å². The lowest BCUT2D eigenvalue weighted by Crippen LogP contribution is -2.31.